The van der Waals surface area contributed by atoms with Crippen LogP contribution in [0.1, 0.15) is 490 Å². The highest BCUT2D eigenvalue weighted by molar-refractivity contribution is 7.47. The van der Waals surface area contributed by atoms with Crippen molar-refractivity contribution in [1.29, 1.82) is 0 Å². The molecule has 0 fully saturated rings. The molecule has 2 unspecified atom stereocenters. The molecule has 19 heteroatoms. The smallest absolute Gasteiger partial charge is 0.462 e. The molecule has 0 aromatic rings. The Morgan fingerprint density at radius 3 is 0.624 bits per heavy atom. The summed E-state index contributed by atoms with van der Waals surface area (Å²) in [5, 5.41) is 10.7. The van der Waals surface area contributed by atoms with Crippen molar-refractivity contribution in [2.45, 2.75) is 509 Å². The van der Waals surface area contributed by atoms with Crippen LogP contribution >= 0.6 is 15.6 Å². The van der Waals surface area contributed by atoms with E-state index in [4.69, 9.17) is 37.0 Å². The van der Waals surface area contributed by atoms with Crippen LogP contribution in [0.5, 0.6) is 0 Å². The average Bonchev–Trinajstić information content (AvgIpc) is 0.903. The molecule has 109 heavy (non-hydrogen) atoms. The number of aliphatic hydroxyl groups is 1. The van der Waals surface area contributed by atoms with Crippen molar-refractivity contribution in [2.24, 2.45) is 5.92 Å². The third-order valence-corrected chi connectivity index (χ3v) is 23.2. The summed E-state index contributed by atoms with van der Waals surface area (Å²) in [4.78, 5) is 73.4. The van der Waals surface area contributed by atoms with Gasteiger partial charge in [0.2, 0.25) is 0 Å². The molecule has 0 amide bonds. The van der Waals surface area contributed by atoms with Crippen LogP contribution in [0.4, 0.5) is 0 Å². The normalized spacial score (nSPS) is 13.7. The van der Waals surface area contributed by atoms with E-state index in [1.54, 1.807) is 0 Å². The molecule has 0 aliphatic heterocycles. The van der Waals surface area contributed by atoms with Crippen LogP contribution in [-0.4, -0.2) is 96.7 Å². The van der Waals surface area contributed by atoms with Gasteiger partial charge in [-0.3, -0.25) is 37.3 Å². The summed E-state index contributed by atoms with van der Waals surface area (Å²) in [5.74, 6) is -1.28. The first kappa shape index (κ1) is 107. The van der Waals surface area contributed by atoms with Gasteiger partial charge < -0.3 is 33.8 Å². The molecule has 0 aliphatic carbocycles. The fourth-order valence-electron chi connectivity index (χ4n) is 14.2. The second-order valence-electron chi connectivity index (χ2n) is 32.8. The second kappa shape index (κ2) is 82.6. The van der Waals surface area contributed by atoms with Crippen molar-refractivity contribution >= 4 is 39.5 Å². The largest absolute Gasteiger partial charge is 0.472 e. The lowest BCUT2D eigenvalue weighted by Crippen LogP contribution is -2.30. The maximum Gasteiger partial charge on any atom is 0.472 e. The van der Waals surface area contributed by atoms with Gasteiger partial charge in [0.15, 0.2) is 12.2 Å². The molecule has 0 heterocycles. The molecular formula is C90H176O17P2. The minimum Gasteiger partial charge on any atom is -0.462 e. The van der Waals surface area contributed by atoms with Crippen molar-refractivity contribution < 1.29 is 80.2 Å². The van der Waals surface area contributed by atoms with E-state index in [2.05, 4.69) is 34.6 Å². The van der Waals surface area contributed by atoms with Crippen LogP contribution < -0.4 is 0 Å². The third kappa shape index (κ3) is 83.8. The average molecular weight is 1590 g/mol. The Bertz CT molecular complexity index is 2070. The Morgan fingerprint density at radius 1 is 0.248 bits per heavy atom. The highest BCUT2D eigenvalue weighted by Gasteiger charge is 2.31. The Balaban J connectivity index is 5.25. The maximum absolute atomic E-state index is 13.2. The topological polar surface area (TPSA) is 237 Å². The quantitative estimate of drug-likeness (QED) is 0.0222. The number of phosphoric ester groups is 2. The van der Waals surface area contributed by atoms with Crippen LogP contribution in [0.3, 0.4) is 0 Å². The standard InChI is InChI=1S/C90H176O17P2/c1-6-9-12-15-18-21-24-27-29-31-33-35-40-44-49-54-59-64-69-74-88(93)101-80-86(107-90(95)76-71-66-61-56-51-46-42-38-37-39-43-47-52-57-62-67-72-83(4)5)82-105-109(98,99)103-78-84(91)77-102-108(96,97)104-81-85(79-100-87(92)73-68-63-58-53-48-26-23-20-17-14-11-8-3)106-89(94)75-70-65-60-55-50-45-41-36-34-32-30-28-25-22-19-16-13-10-7-2/h83-86,91H,6-82H2,1-5H3,(H,96,97)(H,98,99)/t84-,85+,86+/m0/s1. The van der Waals surface area contributed by atoms with Crippen LogP contribution in [0.25, 0.3) is 0 Å². The second-order valence-corrected chi connectivity index (χ2v) is 35.7. The molecule has 0 aliphatic rings. The Labute approximate surface area is 670 Å². The number of unbranched alkanes of at least 4 members (excludes halogenated alkanes) is 62. The number of phosphoric acid groups is 2. The van der Waals surface area contributed by atoms with E-state index >= 15 is 0 Å². The summed E-state index contributed by atoms with van der Waals surface area (Å²) in [6.45, 7) is 7.43. The summed E-state index contributed by atoms with van der Waals surface area (Å²) >= 11 is 0. The van der Waals surface area contributed by atoms with Crippen molar-refractivity contribution in [2.75, 3.05) is 39.6 Å². The van der Waals surface area contributed by atoms with Gasteiger partial charge in [0, 0.05) is 25.7 Å². The van der Waals surface area contributed by atoms with Gasteiger partial charge in [-0.15, -0.1) is 0 Å². The monoisotopic (exact) mass is 1590 g/mol. The van der Waals surface area contributed by atoms with E-state index in [0.717, 1.165) is 95.8 Å². The van der Waals surface area contributed by atoms with E-state index < -0.39 is 97.5 Å². The summed E-state index contributed by atoms with van der Waals surface area (Å²) in [6, 6.07) is 0. The first-order valence-corrected chi connectivity index (χ1v) is 49.6. The van der Waals surface area contributed by atoms with Gasteiger partial charge >= 0.3 is 39.5 Å². The predicted octanol–water partition coefficient (Wildman–Crippen LogP) is 27.9. The molecule has 0 saturated carbocycles. The molecule has 0 saturated heterocycles. The molecule has 0 rings (SSSR count). The predicted molar refractivity (Wildman–Crippen MR) is 451 cm³/mol. The number of carbonyl (C=O) groups excluding carboxylic acids is 4. The van der Waals surface area contributed by atoms with Crippen LogP contribution in [0.2, 0.25) is 0 Å². The zero-order chi connectivity index (χ0) is 79.7. The molecule has 3 N–H and O–H groups in total. The van der Waals surface area contributed by atoms with Crippen molar-refractivity contribution in [3.63, 3.8) is 0 Å². The zero-order valence-corrected chi connectivity index (χ0v) is 73.5. The molecule has 0 bridgehead atoms. The van der Waals surface area contributed by atoms with Gasteiger partial charge in [0.1, 0.15) is 19.3 Å². The number of hydrogen-bond acceptors (Lipinski definition) is 15. The molecule has 5 atom stereocenters. The van der Waals surface area contributed by atoms with Crippen molar-refractivity contribution in [3.05, 3.63) is 0 Å². The Morgan fingerprint density at radius 2 is 0.422 bits per heavy atom. The van der Waals surface area contributed by atoms with E-state index in [9.17, 15) is 43.2 Å². The van der Waals surface area contributed by atoms with Gasteiger partial charge in [-0.1, -0.05) is 439 Å². The maximum atomic E-state index is 13.2. The number of hydrogen-bond donors (Lipinski definition) is 3. The number of ether oxygens (including phenoxy) is 4. The van der Waals surface area contributed by atoms with Crippen LogP contribution in [0, 0.1) is 5.92 Å². The number of esters is 4. The molecular weight excluding hydrogens is 1410 g/mol. The minimum absolute atomic E-state index is 0.109. The minimum atomic E-state index is -4.97. The number of carbonyl (C=O) groups is 4. The molecule has 648 valence electrons. The van der Waals surface area contributed by atoms with Gasteiger partial charge in [0.05, 0.1) is 26.4 Å². The van der Waals surface area contributed by atoms with Crippen molar-refractivity contribution in [1.82, 2.24) is 0 Å². The SMILES string of the molecule is CCCCCCCCCCCCCCCCCCCCCC(=O)OC[C@H](COP(=O)(O)OC[C@@H](O)COP(=O)(O)OC[C@@H](COC(=O)CCCCCCCCCCCCCC)OC(=O)CCCCCCCCCCCCCCCCCCCCC)OC(=O)CCCCCCCCCCCCCCCCCCC(C)C. The highest BCUT2D eigenvalue weighted by Crippen LogP contribution is 2.45. The molecule has 0 spiro atoms. The first-order chi connectivity index (χ1) is 53.0. The van der Waals surface area contributed by atoms with Gasteiger partial charge in [-0.25, -0.2) is 9.13 Å². The lowest BCUT2D eigenvalue weighted by molar-refractivity contribution is -0.161. The number of rotatable bonds is 90. The Hall–Kier alpha value is -1.94. The molecule has 17 nitrogen and oxygen atoms in total. The lowest BCUT2D eigenvalue weighted by atomic mass is 10.0. The summed E-state index contributed by atoms with van der Waals surface area (Å²) in [6.07, 6.45) is 77.7. The van der Waals surface area contributed by atoms with E-state index in [-0.39, 0.29) is 25.7 Å². The van der Waals surface area contributed by atoms with E-state index in [1.807, 2.05) is 0 Å². The fourth-order valence-corrected chi connectivity index (χ4v) is 15.8. The summed E-state index contributed by atoms with van der Waals surface area (Å²) < 4.78 is 69.1. The third-order valence-electron chi connectivity index (χ3n) is 21.3. The fraction of sp³-hybridized carbons (Fsp3) is 0.956. The van der Waals surface area contributed by atoms with Crippen molar-refractivity contribution in [3.8, 4) is 0 Å². The van der Waals surface area contributed by atoms with E-state index in [0.29, 0.717) is 25.7 Å². The van der Waals surface area contributed by atoms with Gasteiger partial charge in [-0.05, 0) is 31.6 Å². The molecule has 0 aromatic carbocycles. The van der Waals surface area contributed by atoms with Gasteiger partial charge in [-0.2, -0.15) is 0 Å². The number of aliphatic hydroxyl groups excluding tert-OH is 1. The summed E-state index contributed by atoms with van der Waals surface area (Å²) in [5.41, 5.74) is 0. The summed E-state index contributed by atoms with van der Waals surface area (Å²) in [7, 11) is -9.93. The van der Waals surface area contributed by atoms with E-state index in [1.165, 1.54) is 315 Å². The zero-order valence-electron chi connectivity index (χ0n) is 71.7. The highest BCUT2D eigenvalue weighted by atomic mass is 31.2. The van der Waals surface area contributed by atoms with Crippen LogP contribution in [-0.2, 0) is 65.4 Å². The lowest BCUT2D eigenvalue weighted by Gasteiger charge is -2.21. The molecule has 0 aromatic heterocycles. The van der Waals surface area contributed by atoms with Crippen LogP contribution in [0.15, 0.2) is 0 Å². The van der Waals surface area contributed by atoms with Gasteiger partial charge in [0.25, 0.3) is 0 Å². The first-order valence-electron chi connectivity index (χ1n) is 46.6. The Kier molecular flexibility index (Phi) is 81.1. The molecule has 0 radical (unpaired) electrons.